The minimum atomic E-state index is -3.51. The molecule has 0 aliphatic carbocycles. The van der Waals surface area contributed by atoms with Gasteiger partial charge in [-0.2, -0.15) is 4.31 Å². The fraction of sp³-hybridized carbons (Fsp3) is 0.667. The third kappa shape index (κ3) is 7.28. The molecule has 1 amide bonds. The molecule has 7 nitrogen and oxygen atoms in total. The normalized spacial score (nSPS) is 17.3. The molecule has 2 N–H and O–H groups in total. The lowest BCUT2D eigenvalue weighted by atomic mass is 10.0. The summed E-state index contributed by atoms with van der Waals surface area (Å²) in [5.41, 5.74) is 0. The molecule has 1 fully saturated rings. The van der Waals surface area contributed by atoms with Gasteiger partial charge in [0.1, 0.15) is 5.75 Å². The van der Waals surface area contributed by atoms with Crippen LogP contribution < -0.4 is 15.0 Å². The standard InChI is InChI=1S/C21H35N3O4S/c1-17(2)6-5-7-18(3)22-21(25)16-23-12-14-24(15-13-23)29(26,27)20-10-8-19(28-4)9-11-20/h8-11,17-18H,5-7,12-16H2,1-4H3,(H,22,25)/p+1/t18-/m1/s1. The number of quaternary nitrogens is 1. The van der Waals surface area contributed by atoms with Crippen molar-refractivity contribution in [1.29, 1.82) is 0 Å². The maximum atomic E-state index is 12.8. The van der Waals surface area contributed by atoms with Crippen LogP contribution in [0.3, 0.4) is 0 Å². The molecule has 0 bridgehead atoms. The Bertz CT molecular complexity index is 742. The Morgan fingerprint density at radius 2 is 1.76 bits per heavy atom. The molecule has 0 radical (unpaired) electrons. The zero-order valence-electron chi connectivity index (χ0n) is 18.1. The van der Waals surface area contributed by atoms with Gasteiger partial charge in [-0.05, 0) is 43.5 Å². The highest BCUT2D eigenvalue weighted by atomic mass is 32.2. The smallest absolute Gasteiger partial charge is 0.275 e. The average molecular weight is 427 g/mol. The average Bonchev–Trinajstić information content (AvgIpc) is 2.68. The number of methoxy groups -OCH3 is 1. The van der Waals surface area contributed by atoms with Gasteiger partial charge in [-0.15, -0.1) is 0 Å². The topological polar surface area (TPSA) is 80.2 Å². The molecule has 1 saturated heterocycles. The summed E-state index contributed by atoms with van der Waals surface area (Å²) in [6.45, 7) is 8.96. The van der Waals surface area contributed by atoms with Crippen molar-refractivity contribution in [2.24, 2.45) is 5.92 Å². The number of nitrogens with zero attached hydrogens (tertiary/aromatic N) is 1. The lowest BCUT2D eigenvalue weighted by Gasteiger charge is -2.31. The lowest BCUT2D eigenvalue weighted by Crippen LogP contribution is -3.15. The Labute approximate surface area is 175 Å². The number of hydrogen-bond donors (Lipinski definition) is 2. The highest BCUT2D eigenvalue weighted by Crippen LogP contribution is 2.19. The highest BCUT2D eigenvalue weighted by Gasteiger charge is 2.31. The summed E-state index contributed by atoms with van der Waals surface area (Å²) in [6, 6.07) is 6.63. The summed E-state index contributed by atoms with van der Waals surface area (Å²) in [5.74, 6) is 1.36. The van der Waals surface area contributed by atoms with Crippen molar-refractivity contribution in [2.45, 2.75) is 51.0 Å². The molecule has 2 rings (SSSR count). The molecule has 29 heavy (non-hydrogen) atoms. The van der Waals surface area contributed by atoms with E-state index in [1.165, 1.54) is 10.7 Å². The van der Waals surface area contributed by atoms with Crippen molar-refractivity contribution < 1.29 is 22.8 Å². The van der Waals surface area contributed by atoms with Gasteiger partial charge in [0.2, 0.25) is 10.0 Å². The van der Waals surface area contributed by atoms with Crippen LogP contribution >= 0.6 is 0 Å². The molecule has 164 valence electrons. The van der Waals surface area contributed by atoms with Crippen molar-refractivity contribution in [1.82, 2.24) is 9.62 Å². The predicted octanol–water partition coefficient (Wildman–Crippen LogP) is 0.915. The van der Waals surface area contributed by atoms with E-state index in [2.05, 4.69) is 19.2 Å². The first-order valence-electron chi connectivity index (χ1n) is 10.5. The van der Waals surface area contributed by atoms with Crippen LogP contribution in [-0.2, 0) is 14.8 Å². The third-order valence-electron chi connectivity index (χ3n) is 5.36. The number of hydrogen-bond acceptors (Lipinski definition) is 4. The van der Waals surface area contributed by atoms with Crippen LogP contribution in [0.1, 0.15) is 40.0 Å². The molecule has 0 unspecified atom stereocenters. The van der Waals surface area contributed by atoms with E-state index >= 15 is 0 Å². The Kier molecular flexibility index (Phi) is 8.92. The summed E-state index contributed by atoms with van der Waals surface area (Å²) in [6.07, 6.45) is 3.29. The number of amides is 1. The van der Waals surface area contributed by atoms with E-state index in [-0.39, 0.29) is 16.8 Å². The number of rotatable bonds is 10. The van der Waals surface area contributed by atoms with E-state index in [0.29, 0.717) is 44.4 Å². The number of ether oxygens (including phenoxy) is 1. The maximum Gasteiger partial charge on any atom is 0.275 e. The number of sulfonamides is 1. The minimum absolute atomic E-state index is 0.0449. The molecule has 1 aromatic carbocycles. The van der Waals surface area contributed by atoms with Gasteiger partial charge in [-0.25, -0.2) is 8.42 Å². The zero-order valence-corrected chi connectivity index (χ0v) is 18.9. The molecule has 8 heteroatoms. The van der Waals surface area contributed by atoms with E-state index in [4.69, 9.17) is 4.74 Å². The van der Waals surface area contributed by atoms with Crippen LogP contribution in [0.15, 0.2) is 29.2 Å². The zero-order chi connectivity index (χ0) is 21.4. The summed E-state index contributed by atoms with van der Waals surface area (Å²) in [4.78, 5) is 13.7. The van der Waals surface area contributed by atoms with Crippen LogP contribution in [0.25, 0.3) is 0 Å². The molecule has 0 aromatic heterocycles. The first-order chi connectivity index (χ1) is 13.7. The molecule has 1 aromatic rings. The summed E-state index contributed by atoms with van der Waals surface area (Å²) in [5, 5.41) is 3.08. The number of carbonyl (C=O) groups excluding carboxylic acids is 1. The van der Waals surface area contributed by atoms with E-state index in [1.807, 2.05) is 6.92 Å². The Morgan fingerprint density at radius 1 is 1.14 bits per heavy atom. The second-order valence-electron chi connectivity index (χ2n) is 8.30. The van der Waals surface area contributed by atoms with Gasteiger partial charge in [0.05, 0.1) is 38.2 Å². The van der Waals surface area contributed by atoms with Gasteiger partial charge in [-0.1, -0.05) is 26.7 Å². The van der Waals surface area contributed by atoms with Crippen LogP contribution in [0.5, 0.6) is 5.75 Å². The second kappa shape index (κ2) is 10.9. The van der Waals surface area contributed by atoms with Gasteiger partial charge in [0.25, 0.3) is 5.91 Å². The SMILES string of the molecule is COc1ccc(S(=O)(=O)N2CC[NH+](CC(=O)N[C@H](C)CCCC(C)C)CC2)cc1. The molecular weight excluding hydrogens is 390 g/mol. The van der Waals surface area contributed by atoms with Crippen LogP contribution in [-0.4, -0.2) is 64.5 Å². The number of carbonyl (C=O) groups is 1. The van der Waals surface area contributed by atoms with E-state index in [9.17, 15) is 13.2 Å². The maximum absolute atomic E-state index is 12.8. The highest BCUT2D eigenvalue weighted by molar-refractivity contribution is 7.89. The van der Waals surface area contributed by atoms with E-state index in [1.54, 1.807) is 31.4 Å². The van der Waals surface area contributed by atoms with Crippen molar-refractivity contribution in [2.75, 3.05) is 39.8 Å². The lowest BCUT2D eigenvalue weighted by molar-refractivity contribution is -0.895. The van der Waals surface area contributed by atoms with Gasteiger partial charge in [-0.3, -0.25) is 4.79 Å². The summed E-state index contributed by atoms with van der Waals surface area (Å²) in [7, 11) is -1.96. The van der Waals surface area contributed by atoms with Gasteiger partial charge in [0.15, 0.2) is 6.54 Å². The molecular formula is C21H36N3O4S+. The van der Waals surface area contributed by atoms with Crippen LogP contribution in [0, 0.1) is 5.92 Å². The molecule has 1 aliphatic heterocycles. The fourth-order valence-corrected chi connectivity index (χ4v) is 5.02. The van der Waals surface area contributed by atoms with Crippen molar-refractivity contribution in [3.05, 3.63) is 24.3 Å². The Hall–Kier alpha value is -1.64. The van der Waals surface area contributed by atoms with Crippen molar-refractivity contribution in [3.8, 4) is 5.75 Å². The Balaban J connectivity index is 1.78. The van der Waals surface area contributed by atoms with Crippen molar-refractivity contribution >= 4 is 15.9 Å². The Morgan fingerprint density at radius 3 is 2.31 bits per heavy atom. The number of benzene rings is 1. The first-order valence-corrected chi connectivity index (χ1v) is 11.9. The molecule has 0 spiro atoms. The first kappa shape index (κ1) is 23.6. The minimum Gasteiger partial charge on any atom is -0.497 e. The summed E-state index contributed by atoms with van der Waals surface area (Å²) >= 11 is 0. The van der Waals surface area contributed by atoms with Crippen LogP contribution in [0.2, 0.25) is 0 Å². The predicted molar refractivity (Wildman–Crippen MR) is 114 cm³/mol. The second-order valence-corrected chi connectivity index (χ2v) is 10.2. The number of piperazine rings is 1. The molecule has 1 aliphatic rings. The summed E-state index contributed by atoms with van der Waals surface area (Å²) < 4.78 is 32.2. The third-order valence-corrected chi connectivity index (χ3v) is 7.28. The van der Waals surface area contributed by atoms with Gasteiger partial charge < -0.3 is 15.0 Å². The monoisotopic (exact) mass is 426 g/mol. The quantitative estimate of drug-likeness (QED) is 0.583. The molecule has 1 atom stereocenters. The van der Waals surface area contributed by atoms with Crippen LogP contribution in [0.4, 0.5) is 0 Å². The van der Waals surface area contributed by atoms with Gasteiger partial charge in [0, 0.05) is 6.04 Å². The molecule has 0 saturated carbocycles. The largest absolute Gasteiger partial charge is 0.497 e. The fourth-order valence-electron chi connectivity index (χ4n) is 3.57. The molecule has 1 heterocycles. The van der Waals surface area contributed by atoms with E-state index in [0.717, 1.165) is 17.7 Å². The van der Waals surface area contributed by atoms with Crippen molar-refractivity contribution in [3.63, 3.8) is 0 Å². The number of nitrogens with one attached hydrogen (secondary N) is 2. The van der Waals surface area contributed by atoms with E-state index < -0.39 is 10.0 Å². The van der Waals surface area contributed by atoms with Gasteiger partial charge >= 0.3 is 0 Å².